The Kier molecular flexibility index (Phi) is 4.75. The predicted molar refractivity (Wildman–Crippen MR) is 78.1 cm³/mol. The second kappa shape index (κ2) is 6.53. The number of hydrogen-bond acceptors (Lipinski definition) is 3. The van der Waals surface area contributed by atoms with Crippen LogP contribution in [0.2, 0.25) is 0 Å². The summed E-state index contributed by atoms with van der Waals surface area (Å²) in [7, 11) is 0. The zero-order valence-electron chi connectivity index (χ0n) is 11.9. The zero-order chi connectivity index (χ0) is 14.5. The summed E-state index contributed by atoms with van der Waals surface area (Å²) in [5, 5.41) is 8.80. The van der Waals surface area contributed by atoms with Crippen LogP contribution in [-0.4, -0.2) is 29.9 Å². The molecule has 1 aliphatic rings. The molecule has 2 N–H and O–H groups in total. The number of amides is 1. The summed E-state index contributed by atoms with van der Waals surface area (Å²) in [6.07, 6.45) is 3.29. The Bertz CT molecular complexity index is 503. The van der Waals surface area contributed by atoms with E-state index >= 15 is 0 Å². The Hall–Kier alpha value is -1.86. The summed E-state index contributed by atoms with van der Waals surface area (Å²) < 4.78 is 0. The number of nitrogens with zero attached hydrogens (tertiary/aromatic N) is 2. The van der Waals surface area contributed by atoms with Gasteiger partial charge in [0.05, 0.1) is 11.6 Å². The van der Waals surface area contributed by atoms with E-state index in [1.165, 1.54) is 0 Å². The van der Waals surface area contributed by atoms with Crippen molar-refractivity contribution in [3.63, 3.8) is 0 Å². The molecule has 0 spiro atoms. The second-order valence-corrected chi connectivity index (χ2v) is 5.27. The van der Waals surface area contributed by atoms with Crippen LogP contribution in [-0.2, 0) is 0 Å². The Morgan fingerprint density at radius 2 is 2.10 bits per heavy atom. The van der Waals surface area contributed by atoms with Gasteiger partial charge in [-0.05, 0) is 56.5 Å². The molecule has 2 rings (SSSR count). The molecule has 0 saturated heterocycles. The summed E-state index contributed by atoms with van der Waals surface area (Å²) in [5.74, 6) is 0.458. The van der Waals surface area contributed by atoms with E-state index < -0.39 is 0 Å². The van der Waals surface area contributed by atoms with Crippen molar-refractivity contribution in [3.8, 4) is 6.07 Å². The lowest BCUT2D eigenvalue weighted by molar-refractivity contribution is 0.0652. The monoisotopic (exact) mass is 271 g/mol. The van der Waals surface area contributed by atoms with E-state index in [0.717, 1.165) is 19.3 Å². The highest BCUT2D eigenvalue weighted by Gasteiger charge is 2.33. The molecule has 0 aromatic heterocycles. The van der Waals surface area contributed by atoms with Crippen molar-refractivity contribution < 1.29 is 4.79 Å². The molecular weight excluding hydrogens is 250 g/mol. The van der Waals surface area contributed by atoms with E-state index in [9.17, 15) is 4.79 Å². The van der Waals surface area contributed by atoms with Gasteiger partial charge in [-0.15, -0.1) is 0 Å². The summed E-state index contributed by atoms with van der Waals surface area (Å²) in [5.41, 5.74) is 7.04. The first-order valence-corrected chi connectivity index (χ1v) is 7.22. The van der Waals surface area contributed by atoms with Gasteiger partial charge in [-0.3, -0.25) is 4.79 Å². The van der Waals surface area contributed by atoms with Crippen LogP contribution in [0.3, 0.4) is 0 Å². The Labute approximate surface area is 120 Å². The van der Waals surface area contributed by atoms with E-state index in [1.807, 2.05) is 11.8 Å². The SMILES string of the molecule is CCN(C(=O)c1ccc(C#N)cc1)C1CCCC1CN. The van der Waals surface area contributed by atoms with Crippen molar-refractivity contribution in [2.24, 2.45) is 11.7 Å². The highest BCUT2D eigenvalue weighted by molar-refractivity contribution is 5.94. The average Bonchev–Trinajstić information content (AvgIpc) is 2.96. The van der Waals surface area contributed by atoms with Gasteiger partial charge in [-0.1, -0.05) is 6.42 Å². The van der Waals surface area contributed by atoms with Crippen molar-refractivity contribution in [2.75, 3.05) is 13.1 Å². The van der Waals surface area contributed by atoms with Gasteiger partial charge in [-0.2, -0.15) is 5.26 Å². The summed E-state index contributed by atoms with van der Waals surface area (Å²) in [6.45, 7) is 3.34. The minimum atomic E-state index is 0.0438. The summed E-state index contributed by atoms with van der Waals surface area (Å²) in [6, 6.07) is 9.17. The van der Waals surface area contributed by atoms with Gasteiger partial charge in [0.2, 0.25) is 0 Å². The van der Waals surface area contributed by atoms with Crippen LogP contribution in [0.5, 0.6) is 0 Å². The standard InChI is InChI=1S/C16H21N3O/c1-2-19(15-5-3-4-14(15)11-18)16(20)13-8-6-12(10-17)7-9-13/h6-9,14-15H,2-5,11,18H2,1H3. The molecule has 1 saturated carbocycles. The topological polar surface area (TPSA) is 70.1 Å². The molecule has 1 aliphatic carbocycles. The first kappa shape index (κ1) is 14.5. The molecule has 0 heterocycles. The molecule has 1 aromatic carbocycles. The van der Waals surface area contributed by atoms with E-state index in [1.54, 1.807) is 24.3 Å². The largest absolute Gasteiger partial charge is 0.336 e. The quantitative estimate of drug-likeness (QED) is 0.912. The lowest BCUT2D eigenvalue weighted by Crippen LogP contribution is -2.44. The maximum absolute atomic E-state index is 12.6. The third-order valence-corrected chi connectivity index (χ3v) is 4.18. The van der Waals surface area contributed by atoms with Crippen molar-refractivity contribution in [1.29, 1.82) is 5.26 Å². The van der Waals surface area contributed by atoms with E-state index in [2.05, 4.69) is 6.07 Å². The fraction of sp³-hybridized carbons (Fsp3) is 0.500. The Balaban J connectivity index is 2.18. The zero-order valence-corrected chi connectivity index (χ0v) is 11.9. The minimum absolute atomic E-state index is 0.0438. The van der Waals surface area contributed by atoms with Crippen LogP contribution in [0, 0.1) is 17.2 Å². The lowest BCUT2D eigenvalue weighted by atomic mass is 10.0. The molecule has 1 fully saturated rings. The first-order valence-electron chi connectivity index (χ1n) is 7.22. The smallest absolute Gasteiger partial charge is 0.254 e. The second-order valence-electron chi connectivity index (χ2n) is 5.27. The molecule has 20 heavy (non-hydrogen) atoms. The third kappa shape index (κ3) is 2.83. The van der Waals surface area contributed by atoms with Gasteiger partial charge < -0.3 is 10.6 Å². The van der Waals surface area contributed by atoms with Crippen LogP contribution in [0.15, 0.2) is 24.3 Å². The maximum Gasteiger partial charge on any atom is 0.254 e. The van der Waals surface area contributed by atoms with Gasteiger partial charge in [0, 0.05) is 18.2 Å². The van der Waals surface area contributed by atoms with Crippen LogP contribution in [0.25, 0.3) is 0 Å². The molecule has 0 aliphatic heterocycles. The number of rotatable bonds is 4. The van der Waals surface area contributed by atoms with Gasteiger partial charge in [0.1, 0.15) is 0 Å². The van der Waals surface area contributed by atoms with E-state index in [0.29, 0.717) is 30.1 Å². The van der Waals surface area contributed by atoms with Crippen molar-refractivity contribution in [3.05, 3.63) is 35.4 Å². The van der Waals surface area contributed by atoms with Crippen molar-refractivity contribution >= 4 is 5.91 Å². The number of nitriles is 1. The Morgan fingerprint density at radius 3 is 2.65 bits per heavy atom. The highest BCUT2D eigenvalue weighted by Crippen LogP contribution is 2.30. The molecule has 2 unspecified atom stereocenters. The van der Waals surface area contributed by atoms with Gasteiger partial charge in [0.25, 0.3) is 5.91 Å². The van der Waals surface area contributed by atoms with Crippen LogP contribution >= 0.6 is 0 Å². The number of benzene rings is 1. The van der Waals surface area contributed by atoms with Crippen LogP contribution in [0.4, 0.5) is 0 Å². The number of nitrogens with two attached hydrogens (primary N) is 1. The average molecular weight is 271 g/mol. The van der Waals surface area contributed by atoms with E-state index in [-0.39, 0.29) is 11.9 Å². The van der Waals surface area contributed by atoms with Crippen LogP contribution < -0.4 is 5.73 Å². The summed E-state index contributed by atoms with van der Waals surface area (Å²) in [4.78, 5) is 14.6. The third-order valence-electron chi connectivity index (χ3n) is 4.18. The first-order chi connectivity index (χ1) is 9.71. The molecule has 4 nitrogen and oxygen atoms in total. The predicted octanol–water partition coefficient (Wildman–Crippen LogP) is 2.15. The molecule has 1 aromatic rings. The van der Waals surface area contributed by atoms with E-state index in [4.69, 9.17) is 11.0 Å². The molecule has 0 bridgehead atoms. The molecule has 0 radical (unpaired) electrons. The van der Waals surface area contributed by atoms with Gasteiger partial charge in [-0.25, -0.2) is 0 Å². The van der Waals surface area contributed by atoms with Crippen molar-refractivity contribution in [1.82, 2.24) is 4.90 Å². The molecule has 4 heteroatoms. The normalized spacial score (nSPS) is 21.4. The highest BCUT2D eigenvalue weighted by atomic mass is 16.2. The minimum Gasteiger partial charge on any atom is -0.336 e. The number of carbonyl (C=O) groups excluding carboxylic acids is 1. The molecular formula is C16H21N3O. The van der Waals surface area contributed by atoms with Crippen LogP contribution in [0.1, 0.15) is 42.1 Å². The summed E-state index contributed by atoms with van der Waals surface area (Å²) >= 11 is 0. The fourth-order valence-corrected chi connectivity index (χ4v) is 3.08. The molecule has 1 amide bonds. The van der Waals surface area contributed by atoms with Gasteiger partial charge >= 0.3 is 0 Å². The number of carbonyl (C=O) groups is 1. The lowest BCUT2D eigenvalue weighted by Gasteiger charge is -2.32. The van der Waals surface area contributed by atoms with Gasteiger partial charge in [0.15, 0.2) is 0 Å². The Morgan fingerprint density at radius 1 is 1.40 bits per heavy atom. The number of hydrogen-bond donors (Lipinski definition) is 1. The molecule has 106 valence electrons. The fourth-order valence-electron chi connectivity index (χ4n) is 3.08. The maximum atomic E-state index is 12.6. The van der Waals surface area contributed by atoms with Crippen molar-refractivity contribution in [2.45, 2.75) is 32.2 Å². The molecule has 2 atom stereocenters.